The third-order valence-corrected chi connectivity index (χ3v) is 4.87. The maximum Gasteiger partial charge on any atom is 0.586 e. The molecule has 0 unspecified atom stereocenters. The number of halogens is 2. The quantitative estimate of drug-likeness (QED) is 0.617. The lowest BCUT2D eigenvalue weighted by Crippen LogP contribution is -2.29. The van der Waals surface area contributed by atoms with Gasteiger partial charge in [-0.05, 0) is 31.0 Å². The summed E-state index contributed by atoms with van der Waals surface area (Å²) in [5.74, 6) is -1.21. The molecule has 0 aliphatic carbocycles. The molecule has 1 aliphatic heterocycles. The number of carbonyl (C=O) groups is 1. The highest BCUT2D eigenvalue weighted by atomic mass is 19.3. The molecule has 0 radical (unpaired) electrons. The van der Waals surface area contributed by atoms with Crippen LogP contribution in [-0.2, 0) is 16.8 Å². The standard InChI is InChI=1S/C21H20F2N4O4/c1-20(2,24)17-11-27(26-25-17)15(19(28)29)10-12-5-3-6-13(9-12)14-7-4-8-16-18(14)31-21(22,23)30-16/h3-9,11,15H,10,24H2,1-2H3,(H,28,29)/t15-/m0/s1. The molecule has 2 aromatic carbocycles. The highest BCUT2D eigenvalue weighted by molar-refractivity contribution is 5.75. The molecule has 0 saturated heterocycles. The van der Waals surface area contributed by atoms with Crippen LogP contribution < -0.4 is 15.2 Å². The minimum atomic E-state index is -3.73. The Balaban J connectivity index is 1.64. The number of nitrogens with two attached hydrogens (primary N) is 1. The van der Waals surface area contributed by atoms with Gasteiger partial charge in [0.2, 0.25) is 0 Å². The zero-order chi connectivity index (χ0) is 22.4. The van der Waals surface area contributed by atoms with Crippen molar-refractivity contribution in [2.45, 2.75) is 38.1 Å². The van der Waals surface area contributed by atoms with E-state index in [1.54, 1.807) is 50.2 Å². The molecule has 162 valence electrons. The summed E-state index contributed by atoms with van der Waals surface area (Å²) in [6, 6.07) is 10.5. The number of fused-ring (bicyclic) bond motifs is 1. The molecule has 0 saturated carbocycles. The van der Waals surface area contributed by atoms with Gasteiger partial charge in [-0.15, -0.1) is 13.9 Å². The van der Waals surface area contributed by atoms with Crippen molar-refractivity contribution in [2.75, 3.05) is 0 Å². The van der Waals surface area contributed by atoms with Gasteiger partial charge in [0.05, 0.1) is 11.7 Å². The number of carboxylic acid groups (broad SMARTS) is 1. The van der Waals surface area contributed by atoms with E-state index in [2.05, 4.69) is 19.8 Å². The van der Waals surface area contributed by atoms with E-state index >= 15 is 0 Å². The molecule has 1 aliphatic rings. The molecule has 3 N–H and O–H groups in total. The minimum absolute atomic E-state index is 0.0594. The summed E-state index contributed by atoms with van der Waals surface area (Å²) in [6.45, 7) is 3.49. The number of rotatable bonds is 6. The van der Waals surface area contributed by atoms with E-state index in [1.807, 2.05) is 0 Å². The van der Waals surface area contributed by atoms with Crippen LogP contribution in [-0.4, -0.2) is 32.4 Å². The van der Waals surface area contributed by atoms with Gasteiger partial charge in [-0.1, -0.05) is 41.6 Å². The van der Waals surface area contributed by atoms with Crippen molar-refractivity contribution in [3.63, 3.8) is 0 Å². The highest BCUT2D eigenvalue weighted by Gasteiger charge is 2.44. The van der Waals surface area contributed by atoms with E-state index in [4.69, 9.17) is 5.73 Å². The second kappa shape index (κ2) is 7.31. The molecule has 0 spiro atoms. The van der Waals surface area contributed by atoms with Crippen molar-refractivity contribution in [1.29, 1.82) is 0 Å². The lowest BCUT2D eigenvalue weighted by Gasteiger charge is -2.15. The molecule has 10 heteroatoms. The second-order valence-electron chi connectivity index (χ2n) is 7.86. The van der Waals surface area contributed by atoms with Crippen molar-refractivity contribution in [3.05, 3.63) is 59.9 Å². The van der Waals surface area contributed by atoms with Gasteiger partial charge in [0, 0.05) is 12.0 Å². The third-order valence-electron chi connectivity index (χ3n) is 4.87. The average Bonchev–Trinajstić information content (AvgIpc) is 3.28. The summed E-state index contributed by atoms with van der Waals surface area (Å²) in [5, 5.41) is 17.6. The van der Waals surface area contributed by atoms with Crippen molar-refractivity contribution < 1.29 is 28.2 Å². The fourth-order valence-electron chi connectivity index (χ4n) is 3.30. The van der Waals surface area contributed by atoms with Gasteiger partial charge in [-0.2, -0.15) is 0 Å². The van der Waals surface area contributed by atoms with Gasteiger partial charge in [-0.3, -0.25) is 0 Å². The first-order valence-corrected chi connectivity index (χ1v) is 9.46. The molecule has 3 aromatic rings. The van der Waals surface area contributed by atoms with Crippen LogP contribution in [0.1, 0.15) is 31.1 Å². The molecular weight excluding hydrogens is 410 g/mol. The summed E-state index contributed by atoms with van der Waals surface area (Å²) < 4.78 is 37.5. The number of aliphatic carboxylic acids is 1. The Bertz CT molecular complexity index is 1140. The van der Waals surface area contributed by atoms with Gasteiger partial charge in [0.25, 0.3) is 0 Å². The number of ether oxygens (including phenoxy) is 2. The molecule has 0 bridgehead atoms. The van der Waals surface area contributed by atoms with Gasteiger partial charge in [-0.25, -0.2) is 9.48 Å². The smallest absolute Gasteiger partial charge is 0.480 e. The van der Waals surface area contributed by atoms with Crippen LogP contribution in [0.3, 0.4) is 0 Å². The van der Waals surface area contributed by atoms with Gasteiger partial charge in [0.15, 0.2) is 17.5 Å². The first-order chi connectivity index (χ1) is 14.5. The number of nitrogens with zero attached hydrogens (tertiary/aromatic N) is 3. The molecule has 4 rings (SSSR count). The van der Waals surface area contributed by atoms with Crippen molar-refractivity contribution in [2.24, 2.45) is 5.73 Å². The number of para-hydroxylation sites is 1. The minimum Gasteiger partial charge on any atom is -0.480 e. The number of carboxylic acids is 1. The van der Waals surface area contributed by atoms with E-state index in [1.165, 1.54) is 16.9 Å². The number of alkyl halides is 2. The first-order valence-electron chi connectivity index (χ1n) is 9.46. The van der Waals surface area contributed by atoms with Crippen LogP contribution in [0.2, 0.25) is 0 Å². The molecule has 8 nitrogen and oxygen atoms in total. The van der Waals surface area contributed by atoms with E-state index < -0.39 is 23.8 Å². The van der Waals surface area contributed by atoms with Crippen LogP contribution in [0.4, 0.5) is 8.78 Å². The van der Waals surface area contributed by atoms with E-state index in [-0.39, 0.29) is 17.9 Å². The molecule has 1 aromatic heterocycles. The van der Waals surface area contributed by atoms with Crippen molar-refractivity contribution >= 4 is 5.97 Å². The second-order valence-corrected chi connectivity index (χ2v) is 7.86. The van der Waals surface area contributed by atoms with E-state index in [0.717, 1.165) is 0 Å². The van der Waals surface area contributed by atoms with E-state index in [9.17, 15) is 18.7 Å². The molecule has 2 heterocycles. The summed E-state index contributed by atoms with van der Waals surface area (Å²) in [5.41, 5.74) is 7.37. The fraction of sp³-hybridized carbons (Fsp3) is 0.286. The fourth-order valence-corrected chi connectivity index (χ4v) is 3.30. The normalized spacial score (nSPS) is 15.6. The van der Waals surface area contributed by atoms with Gasteiger partial charge < -0.3 is 20.3 Å². The Kier molecular flexibility index (Phi) is 4.89. The molecule has 31 heavy (non-hydrogen) atoms. The average molecular weight is 430 g/mol. The van der Waals surface area contributed by atoms with Crippen LogP contribution in [0.15, 0.2) is 48.7 Å². The number of benzene rings is 2. The first kappa shape index (κ1) is 20.7. The largest absolute Gasteiger partial charge is 0.586 e. The molecular formula is C21H20F2N4O4. The third kappa shape index (κ3) is 4.19. The Labute approximate surface area is 176 Å². The predicted molar refractivity (Wildman–Crippen MR) is 106 cm³/mol. The predicted octanol–water partition coefficient (Wildman–Crippen LogP) is 3.33. The Hall–Kier alpha value is -3.53. The summed E-state index contributed by atoms with van der Waals surface area (Å²) >= 11 is 0. The number of aromatic nitrogens is 3. The van der Waals surface area contributed by atoms with Crippen LogP contribution in [0.25, 0.3) is 11.1 Å². The Morgan fingerprint density at radius 2 is 2.00 bits per heavy atom. The zero-order valence-corrected chi connectivity index (χ0v) is 16.8. The van der Waals surface area contributed by atoms with E-state index in [0.29, 0.717) is 22.4 Å². The summed E-state index contributed by atoms with van der Waals surface area (Å²) in [7, 11) is 0. The van der Waals surface area contributed by atoms with Crippen LogP contribution in [0, 0.1) is 0 Å². The number of hydrogen-bond acceptors (Lipinski definition) is 6. The maximum absolute atomic E-state index is 13.5. The van der Waals surface area contributed by atoms with Gasteiger partial charge in [0.1, 0.15) is 5.69 Å². The van der Waals surface area contributed by atoms with Crippen molar-refractivity contribution in [3.8, 4) is 22.6 Å². The topological polar surface area (TPSA) is 112 Å². The lowest BCUT2D eigenvalue weighted by atomic mass is 9.98. The summed E-state index contributed by atoms with van der Waals surface area (Å²) in [6.07, 6.45) is -2.12. The Morgan fingerprint density at radius 3 is 2.68 bits per heavy atom. The SMILES string of the molecule is CC(C)(N)c1cn([C@@H](Cc2cccc(-c3cccc4c3OC(F)(F)O4)c2)C(=O)O)nn1. The lowest BCUT2D eigenvalue weighted by molar-refractivity contribution is -0.286. The Morgan fingerprint density at radius 1 is 1.26 bits per heavy atom. The molecule has 0 amide bonds. The van der Waals surface area contributed by atoms with Crippen molar-refractivity contribution in [1.82, 2.24) is 15.0 Å². The number of hydrogen-bond donors (Lipinski definition) is 2. The van der Waals surface area contributed by atoms with Crippen LogP contribution >= 0.6 is 0 Å². The maximum atomic E-state index is 13.5. The summed E-state index contributed by atoms with van der Waals surface area (Å²) in [4.78, 5) is 11.9. The zero-order valence-electron chi connectivity index (χ0n) is 16.8. The van der Waals surface area contributed by atoms with Gasteiger partial charge >= 0.3 is 12.3 Å². The molecule has 0 fully saturated rings. The monoisotopic (exact) mass is 430 g/mol. The van der Waals surface area contributed by atoms with Crippen LogP contribution in [0.5, 0.6) is 11.5 Å². The molecule has 1 atom stereocenters. The highest BCUT2D eigenvalue weighted by Crippen LogP contribution is 2.47.